The Kier molecular flexibility index (Phi) is 2.74. The SMILES string of the molecule is N/C(=N\O)c1ccc2[nH]c(O)c(-c3ccc4cc[nH]c4n3)c2c1. The number of fused-ring (bicyclic) bond motifs is 2. The highest BCUT2D eigenvalue weighted by molar-refractivity contribution is 6.05. The van der Waals surface area contributed by atoms with Crippen molar-refractivity contribution in [2.24, 2.45) is 10.9 Å². The summed E-state index contributed by atoms with van der Waals surface area (Å²) < 4.78 is 0. The maximum Gasteiger partial charge on any atom is 0.199 e. The molecule has 7 heteroatoms. The van der Waals surface area contributed by atoms with E-state index in [4.69, 9.17) is 10.9 Å². The van der Waals surface area contributed by atoms with Crippen LogP contribution in [0.5, 0.6) is 5.88 Å². The van der Waals surface area contributed by atoms with E-state index < -0.39 is 0 Å². The van der Waals surface area contributed by atoms with Crippen molar-refractivity contribution < 1.29 is 10.3 Å². The van der Waals surface area contributed by atoms with E-state index in [1.807, 2.05) is 24.4 Å². The van der Waals surface area contributed by atoms with Gasteiger partial charge < -0.3 is 26.0 Å². The molecule has 0 bridgehead atoms. The maximum absolute atomic E-state index is 10.3. The van der Waals surface area contributed by atoms with Crippen molar-refractivity contribution >= 4 is 27.8 Å². The van der Waals surface area contributed by atoms with Gasteiger partial charge in [-0.2, -0.15) is 0 Å². The molecule has 0 unspecified atom stereocenters. The fraction of sp³-hybridized carbons (Fsp3) is 0. The molecule has 7 nitrogen and oxygen atoms in total. The van der Waals surface area contributed by atoms with E-state index in [-0.39, 0.29) is 11.7 Å². The van der Waals surface area contributed by atoms with Gasteiger partial charge in [0.05, 0.1) is 11.3 Å². The second kappa shape index (κ2) is 4.77. The van der Waals surface area contributed by atoms with E-state index in [0.29, 0.717) is 16.8 Å². The first-order chi connectivity index (χ1) is 11.2. The van der Waals surface area contributed by atoms with Gasteiger partial charge in [-0.05, 0) is 36.4 Å². The highest BCUT2D eigenvalue weighted by atomic mass is 16.4. The van der Waals surface area contributed by atoms with E-state index >= 15 is 0 Å². The number of hydrogen-bond acceptors (Lipinski definition) is 4. The summed E-state index contributed by atoms with van der Waals surface area (Å²) in [6.45, 7) is 0. The Balaban J connectivity index is 1.99. The zero-order valence-electron chi connectivity index (χ0n) is 11.9. The zero-order chi connectivity index (χ0) is 16.0. The lowest BCUT2D eigenvalue weighted by molar-refractivity contribution is 0.318. The quantitative estimate of drug-likeness (QED) is 0.169. The molecule has 0 aliphatic rings. The van der Waals surface area contributed by atoms with Gasteiger partial charge in [-0.25, -0.2) is 4.98 Å². The fourth-order valence-electron chi connectivity index (χ4n) is 2.72. The third kappa shape index (κ3) is 1.98. The number of aromatic nitrogens is 3. The molecule has 3 aromatic heterocycles. The Labute approximate surface area is 130 Å². The number of oxime groups is 1. The van der Waals surface area contributed by atoms with E-state index in [0.717, 1.165) is 21.9 Å². The number of nitrogens with two attached hydrogens (primary N) is 1. The molecule has 114 valence electrons. The summed E-state index contributed by atoms with van der Waals surface area (Å²) in [6.07, 6.45) is 1.81. The molecule has 6 N–H and O–H groups in total. The van der Waals surface area contributed by atoms with Gasteiger partial charge in [-0.1, -0.05) is 5.16 Å². The Morgan fingerprint density at radius 1 is 1.17 bits per heavy atom. The van der Waals surface area contributed by atoms with Crippen molar-refractivity contribution in [2.45, 2.75) is 0 Å². The second-order valence-corrected chi connectivity index (χ2v) is 5.21. The lowest BCUT2D eigenvalue weighted by Gasteiger charge is -2.02. The van der Waals surface area contributed by atoms with Crippen LogP contribution in [0.15, 0.2) is 47.8 Å². The van der Waals surface area contributed by atoms with Gasteiger partial charge in [0.2, 0.25) is 0 Å². The van der Waals surface area contributed by atoms with Gasteiger partial charge in [0, 0.05) is 28.0 Å². The lowest BCUT2D eigenvalue weighted by atomic mass is 10.1. The number of pyridine rings is 1. The number of nitrogens with zero attached hydrogens (tertiary/aromatic N) is 2. The van der Waals surface area contributed by atoms with Crippen LogP contribution in [-0.2, 0) is 0 Å². The minimum Gasteiger partial charge on any atom is -0.494 e. The van der Waals surface area contributed by atoms with Crippen LogP contribution < -0.4 is 5.73 Å². The van der Waals surface area contributed by atoms with Crippen LogP contribution in [-0.4, -0.2) is 31.1 Å². The Morgan fingerprint density at radius 3 is 2.87 bits per heavy atom. The first-order valence-corrected chi connectivity index (χ1v) is 6.94. The second-order valence-electron chi connectivity index (χ2n) is 5.21. The minimum absolute atomic E-state index is 0.00585. The summed E-state index contributed by atoms with van der Waals surface area (Å²) in [5.74, 6) is 0.0291. The minimum atomic E-state index is 0.00585. The van der Waals surface area contributed by atoms with Gasteiger partial charge in [-0.3, -0.25) is 0 Å². The normalized spacial score (nSPS) is 12.3. The maximum atomic E-state index is 10.3. The Hall–Kier alpha value is -3.48. The van der Waals surface area contributed by atoms with E-state index in [1.54, 1.807) is 18.2 Å². The first-order valence-electron chi connectivity index (χ1n) is 6.94. The number of amidine groups is 1. The molecule has 3 heterocycles. The average Bonchev–Trinajstić information content (AvgIpc) is 3.15. The van der Waals surface area contributed by atoms with Gasteiger partial charge in [0.1, 0.15) is 5.65 Å². The number of aromatic hydroxyl groups is 1. The van der Waals surface area contributed by atoms with Gasteiger partial charge in [0.15, 0.2) is 11.7 Å². The number of nitrogens with one attached hydrogen (secondary N) is 2. The molecule has 0 saturated carbocycles. The third-order valence-corrected chi connectivity index (χ3v) is 3.85. The molecule has 1 aromatic carbocycles. The standard InChI is InChI=1S/C16H13N5O2/c17-14(21-23)9-2-3-11-10(7-9)13(16(22)20-11)12-4-1-8-5-6-18-15(8)19-12/h1-7,20,22-23H,(H2,17,21)(H,18,19). The predicted molar refractivity (Wildman–Crippen MR) is 87.6 cm³/mol. The molecular weight excluding hydrogens is 294 g/mol. The summed E-state index contributed by atoms with van der Waals surface area (Å²) in [5.41, 5.74) is 8.88. The van der Waals surface area contributed by atoms with Gasteiger partial charge >= 0.3 is 0 Å². The summed E-state index contributed by atoms with van der Waals surface area (Å²) in [7, 11) is 0. The van der Waals surface area contributed by atoms with Crippen LogP contribution in [0.2, 0.25) is 0 Å². The number of aromatic amines is 2. The molecule has 0 fully saturated rings. The highest BCUT2D eigenvalue weighted by Gasteiger charge is 2.16. The molecule has 0 aliphatic carbocycles. The fourth-order valence-corrected chi connectivity index (χ4v) is 2.72. The molecular formula is C16H13N5O2. The Bertz CT molecular complexity index is 1060. The molecule has 0 aliphatic heterocycles. The zero-order valence-corrected chi connectivity index (χ0v) is 11.9. The van der Waals surface area contributed by atoms with Crippen LogP contribution >= 0.6 is 0 Å². The topological polar surface area (TPSA) is 123 Å². The van der Waals surface area contributed by atoms with Crippen molar-refractivity contribution in [3.8, 4) is 17.1 Å². The third-order valence-electron chi connectivity index (χ3n) is 3.85. The van der Waals surface area contributed by atoms with Gasteiger partial charge in [-0.15, -0.1) is 0 Å². The number of hydrogen-bond donors (Lipinski definition) is 5. The highest BCUT2D eigenvalue weighted by Crippen LogP contribution is 2.36. The molecule has 4 rings (SSSR count). The van der Waals surface area contributed by atoms with Crippen LogP contribution in [0.1, 0.15) is 5.56 Å². The monoisotopic (exact) mass is 307 g/mol. The number of rotatable bonds is 2. The van der Waals surface area contributed by atoms with Crippen molar-refractivity contribution in [2.75, 3.05) is 0 Å². The average molecular weight is 307 g/mol. The molecule has 0 spiro atoms. The van der Waals surface area contributed by atoms with Crippen LogP contribution in [0.4, 0.5) is 0 Å². The van der Waals surface area contributed by atoms with Gasteiger partial charge in [0.25, 0.3) is 0 Å². The molecule has 0 atom stereocenters. The lowest BCUT2D eigenvalue weighted by Crippen LogP contribution is -2.12. The number of H-pyrrole nitrogens is 2. The first kappa shape index (κ1) is 13.2. The smallest absolute Gasteiger partial charge is 0.199 e. The predicted octanol–water partition coefficient (Wildman–Crippen LogP) is 2.51. The largest absolute Gasteiger partial charge is 0.494 e. The molecule has 23 heavy (non-hydrogen) atoms. The van der Waals surface area contributed by atoms with Crippen molar-refractivity contribution in [3.05, 3.63) is 48.2 Å². The van der Waals surface area contributed by atoms with Crippen LogP contribution in [0.3, 0.4) is 0 Å². The molecule has 0 amide bonds. The molecule has 4 aromatic rings. The summed E-state index contributed by atoms with van der Waals surface area (Å²) in [6, 6.07) is 10.9. The van der Waals surface area contributed by atoms with Crippen molar-refractivity contribution in [1.82, 2.24) is 15.0 Å². The van der Waals surface area contributed by atoms with E-state index in [9.17, 15) is 5.11 Å². The number of benzene rings is 1. The molecule has 0 radical (unpaired) electrons. The summed E-state index contributed by atoms with van der Waals surface area (Å²) in [5, 5.41) is 23.9. The summed E-state index contributed by atoms with van der Waals surface area (Å²) >= 11 is 0. The van der Waals surface area contributed by atoms with E-state index in [2.05, 4.69) is 20.1 Å². The molecule has 0 saturated heterocycles. The summed E-state index contributed by atoms with van der Waals surface area (Å²) in [4.78, 5) is 10.5. The van der Waals surface area contributed by atoms with Crippen LogP contribution in [0.25, 0.3) is 33.2 Å². The Morgan fingerprint density at radius 2 is 2.04 bits per heavy atom. The van der Waals surface area contributed by atoms with Crippen LogP contribution in [0, 0.1) is 0 Å². The van der Waals surface area contributed by atoms with Crippen molar-refractivity contribution in [3.63, 3.8) is 0 Å². The van der Waals surface area contributed by atoms with E-state index in [1.165, 1.54) is 0 Å². The van der Waals surface area contributed by atoms with Crippen molar-refractivity contribution in [1.29, 1.82) is 0 Å².